The molecule has 0 N–H and O–H groups in total. The maximum atomic E-state index is 2.76. The SMILES string of the molecule is CC.CN1CCC(N2CCC3(CN(C)C3)C2)C1. The first-order valence-electron chi connectivity index (χ1n) is 7.28. The summed E-state index contributed by atoms with van der Waals surface area (Å²) in [7, 11) is 4.50. The standard InChI is InChI=1S/C12H23N3.C2H6/c1-13-5-3-11(7-13)15-6-4-12(10-15)8-14(2)9-12;1-2/h11H,3-10H2,1-2H3;1-2H3. The molecule has 1 unspecified atom stereocenters. The Balaban J connectivity index is 0.000000514. The highest BCUT2D eigenvalue weighted by atomic mass is 15.3. The summed E-state index contributed by atoms with van der Waals surface area (Å²) in [5.41, 5.74) is 0.690. The van der Waals surface area contributed by atoms with Crippen molar-refractivity contribution in [2.75, 3.05) is 53.4 Å². The predicted molar refractivity (Wildman–Crippen MR) is 73.4 cm³/mol. The first-order chi connectivity index (χ1) is 8.17. The van der Waals surface area contributed by atoms with Crippen LogP contribution in [-0.4, -0.2) is 74.1 Å². The van der Waals surface area contributed by atoms with Crippen molar-refractivity contribution in [3.05, 3.63) is 0 Å². The van der Waals surface area contributed by atoms with Gasteiger partial charge in [0.1, 0.15) is 0 Å². The highest BCUT2D eigenvalue weighted by molar-refractivity contribution is 5.02. The van der Waals surface area contributed by atoms with Crippen molar-refractivity contribution in [3.63, 3.8) is 0 Å². The lowest BCUT2D eigenvalue weighted by molar-refractivity contribution is 0.0269. The van der Waals surface area contributed by atoms with Gasteiger partial charge in [-0.2, -0.15) is 0 Å². The van der Waals surface area contributed by atoms with Gasteiger partial charge in [-0.15, -0.1) is 0 Å². The average Bonchev–Trinajstić information content (AvgIpc) is 2.87. The Morgan fingerprint density at radius 1 is 0.941 bits per heavy atom. The van der Waals surface area contributed by atoms with Crippen LogP contribution in [0, 0.1) is 5.41 Å². The van der Waals surface area contributed by atoms with Crippen molar-refractivity contribution in [2.45, 2.75) is 32.7 Å². The molecule has 1 spiro atoms. The molecule has 3 heteroatoms. The second-order valence-electron chi connectivity index (χ2n) is 6.10. The maximum Gasteiger partial charge on any atom is 0.0235 e. The Kier molecular flexibility index (Phi) is 4.11. The summed E-state index contributed by atoms with van der Waals surface area (Å²) in [5, 5.41) is 0. The van der Waals surface area contributed by atoms with Crippen molar-refractivity contribution >= 4 is 0 Å². The molecule has 0 aromatic heterocycles. The first-order valence-corrected chi connectivity index (χ1v) is 7.28. The van der Waals surface area contributed by atoms with Crippen LogP contribution in [0.25, 0.3) is 0 Å². The summed E-state index contributed by atoms with van der Waals surface area (Å²) in [6.45, 7) is 12.0. The van der Waals surface area contributed by atoms with Crippen molar-refractivity contribution in [2.24, 2.45) is 5.41 Å². The fourth-order valence-electron chi connectivity index (χ4n) is 3.85. The number of likely N-dealkylation sites (N-methyl/N-ethyl adjacent to an activating group) is 1. The van der Waals surface area contributed by atoms with Gasteiger partial charge in [-0.3, -0.25) is 4.90 Å². The minimum absolute atomic E-state index is 0.690. The van der Waals surface area contributed by atoms with Crippen molar-refractivity contribution < 1.29 is 0 Å². The van der Waals surface area contributed by atoms with E-state index in [1.54, 1.807) is 0 Å². The molecule has 0 aliphatic carbocycles. The van der Waals surface area contributed by atoms with Crippen LogP contribution in [0.2, 0.25) is 0 Å². The molecule has 3 nitrogen and oxygen atoms in total. The number of nitrogens with zero attached hydrogens (tertiary/aromatic N) is 3. The van der Waals surface area contributed by atoms with Gasteiger partial charge in [0.2, 0.25) is 0 Å². The normalized spacial score (nSPS) is 33.5. The smallest absolute Gasteiger partial charge is 0.0235 e. The maximum absolute atomic E-state index is 2.76. The summed E-state index contributed by atoms with van der Waals surface area (Å²) in [6, 6.07) is 0.861. The summed E-state index contributed by atoms with van der Waals surface area (Å²) >= 11 is 0. The molecule has 1 atom stereocenters. The van der Waals surface area contributed by atoms with E-state index in [2.05, 4.69) is 28.8 Å². The summed E-state index contributed by atoms with van der Waals surface area (Å²) in [6.07, 6.45) is 2.83. The molecule has 0 aromatic carbocycles. The largest absolute Gasteiger partial charge is 0.305 e. The Hall–Kier alpha value is -0.120. The fourth-order valence-corrected chi connectivity index (χ4v) is 3.85. The molecule has 3 heterocycles. The highest BCUT2D eigenvalue weighted by Gasteiger charge is 2.47. The molecule has 17 heavy (non-hydrogen) atoms. The van der Waals surface area contributed by atoms with E-state index >= 15 is 0 Å². The molecular weight excluding hydrogens is 210 g/mol. The number of hydrogen-bond donors (Lipinski definition) is 0. The highest BCUT2D eigenvalue weighted by Crippen LogP contribution is 2.39. The van der Waals surface area contributed by atoms with Gasteiger partial charge in [0.25, 0.3) is 0 Å². The zero-order valence-electron chi connectivity index (χ0n) is 12.1. The van der Waals surface area contributed by atoms with Crippen molar-refractivity contribution in [3.8, 4) is 0 Å². The van der Waals surface area contributed by atoms with E-state index in [4.69, 9.17) is 0 Å². The molecule has 0 amide bonds. The molecule has 0 aromatic rings. The molecule has 3 rings (SSSR count). The fraction of sp³-hybridized carbons (Fsp3) is 1.00. The third-order valence-electron chi connectivity index (χ3n) is 4.56. The first kappa shape index (κ1) is 13.3. The van der Waals surface area contributed by atoms with E-state index in [0.29, 0.717) is 5.41 Å². The van der Waals surface area contributed by atoms with E-state index in [1.165, 1.54) is 52.1 Å². The Morgan fingerprint density at radius 3 is 2.18 bits per heavy atom. The molecule has 100 valence electrons. The lowest BCUT2D eigenvalue weighted by Crippen LogP contribution is -2.56. The van der Waals surface area contributed by atoms with Crippen molar-refractivity contribution in [1.82, 2.24) is 14.7 Å². The third-order valence-corrected chi connectivity index (χ3v) is 4.56. The summed E-state index contributed by atoms with van der Waals surface area (Å²) < 4.78 is 0. The van der Waals surface area contributed by atoms with Gasteiger partial charge in [-0.05, 0) is 40.0 Å². The van der Waals surface area contributed by atoms with E-state index in [0.717, 1.165) is 6.04 Å². The van der Waals surface area contributed by atoms with Gasteiger partial charge in [0.05, 0.1) is 0 Å². The van der Waals surface area contributed by atoms with Crippen LogP contribution < -0.4 is 0 Å². The van der Waals surface area contributed by atoms with Gasteiger partial charge < -0.3 is 9.80 Å². The molecule has 3 fully saturated rings. The zero-order chi connectivity index (χ0) is 12.5. The van der Waals surface area contributed by atoms with Crippen molar-refractivity contribution in [1.29, 1.82) is 0 Å². The Bertz CT molecular complexity index is 248. The van der Waals surface area contributed by atoms with Gasteiger partial charge in [-0.25, -0.2) is 0 Å². The van der Waals surface area contributed by atoms with Crippen LogP contribution in [0.5, 0.6) is 0 Å². The molecule has 3 saturated heterocycles. The second kappa shape index (κ2) is 5.25. The minimum atomic E-state index is 0.690. The van der Waals surface area contributed by atoms with Crippen LogP contribution in [0.1, 0.15) is 26.7 Å². The van der Waals surface area contributed by atoms with Gasteiger partial charge >= 0.3 is 0 Å². The third kappa shape index (κ3) is 2.67. The van der Waals surface area contributed by atoms with Crippen LogP contribution >= 0.6 is 0 Å². The number of rotatable bonds is 1. The van der Waals surface area contributed by atoms with E-state index in [-0.39, 0.29) is 0 Å². The van der Waals surface area contributed by atoms with E-state index < -0.39 is 0 Å². The summed E-state index contributed by atoms with van der Waals surface area (Å²) in [4.78, 5) is 7.70. The quantitative estimate of drug-likeness (QED) is 0.684. The molecular formula is C14H29N3. The van der Waals surface area contributed by atoms with Crippen LogP contribution in [0.4, 0.5) is 0 Å². The van der Waals surface area contributed by atoms with Crippen LogP contribution in [0.15, 0.2) is 0 Å². The number of hydrogen-bond acceptors (Lipinski definition) is 3. The topological polar surface area (TPSA) is 9.72 Å². The minimum Gasteiger partial charge on any atom is -0.305 e. The van der Waals surface area contributed by atoms with Gasteiger partial charge in [-0.1, -0.05) is 13.8 Å². The summed E-state index contributed by atoms with van der Waals surface area (Å²) in [5.74, 6) is 0. The van der Waals surface area contributed by atoms with Crippen LogP contribution in [0.3, 0.4) is 0 Å². The molecule has 0 bridgehead atoms. The second-order valence-corrected chi connectivity index (χ2v) is 6.10. The van der Waals surface area contributed by atoms with Gasteiger partial charge in [0, 0.05) is 37.6 Å². The monoisotopic (exact) mass is 239 g/mol. The molecule has 0 saturated carbocycles. The van der Waals surface area contributed by atoms with E-state index in [9.17, 15) is 0 Å². The zero-order valence-corrected chi connectivity index (χ0v) is 12.1. The lowest BCUT2D eigenvalue weighted by Gasteiger charge is -2.46. The molecule has 3 aliphatic rings. The Labute approximate surface area is 107 Å². The predicted octanol–water partition coefficient (Wildman–Crippen LogP) is 1.35. The molecule has 3 aliphatic heterocycles. The average molecular weight is 239 g/mol. The lowest BCUT2D eigenvalue weighted by atomic mass is 9.79. The molecule has 0 radical (unpaired) electrons. The van der Waals surface area contributed by atoms with Crippen LogP contribution in [-0.2, 0) is 0 Å². The van der Waals surface area contributed by atoms with E-state index in [1.807, 2.05) is 13.8 Å². The van der Waals surface area contributed by atoms with Gasteiger partial charge in [0.15, 0.2) is 0 Å². The Morgan fingerprint density at radius 2 is 1.65 bits per heavy atom. The number of likely N-dealkylation sites (tertiary alicyclic amines) is 3.